The average Bonchev–Trinajstić information content (AvgIpc) is 3.31. The smallest absolute Gasteiger partial charge is 0.252 e. The lowest BCUT2D eigenvalue weighted by Crippen LogP contribution is -2.16. The fourth-order valence-electron chi connectivity index (χ4n) is 2.96. The third kappa shape index (κ3) is 3.64. The Morgan fingerprint density at radius 1 is 1.19 bits per heavy atom. The molecule has 8 nitrogen and oxygen atoms in total. The van der Waals surface area contributed by atoms with Crippen molar-refractivity contribution in [1.82, 2.24) is 29.5 Å². The van der Waals surface area contributed by atoms with Gasteiger partial charge in [0.1, 0.15) is 5.69 Å². The normalized spacial score (nSPS) is 10.9. The molecule has 0 aliphatic carbocycles. The molecule has 136 valence electrons. The summed E-state index contributed by atoms with van der Waals surface area (Å²) in [7, 11) is 0. The number of aryl methyl sites for hydroxylation is 1. The maximum Gasteiger partial charge on any atom is 0.252 e. The number of rotatable bonds is 6. The summed E-state index contributed by atoms with van der Waals surface area (Å²) in [4.78, 5) is 30.7. The molecule has 0 saturated heterocycles. The summed E-state index contributed by atoms with van der Waals surface area (Å²) >= 11 is 0. The summed E-state index contributed by atoms with van der Waals surface area (Å²) in [6.07, 6.45) is 5.32. The predicted molar refractivity (Wildman–Crippen MR) is 103 cm³/mol. The molecule has 4 aromatic rings. The van der Waals surface area contributed by atoms with Gasteiger partial charge in [-0.15, -0.1) is 0 Å². The van der Waals surface area contributed by atoms with Gasteiger partial charge in [0.25, 0.3) is 5.56 Å². The number of aromatic nitrogens is 6. The summed E-state index contributed by atoms with van der Waals surface area (Å²) in [6, 6.07) is 11.5. The Kier molecular flexibility index (Phi) is 4.52. The van der Waals surface area contributed by atoms with Crippen LogP contribution in [0.1, 0.15) is 5.69 Å². The molecule has 4 rings (SSSR count). The highest BCUT2D eigenvalue weighted by Gasteiger charge is 2.16. The fourth-order valence-corrected chi connectivity index (χ4v) is 2.96. The third-order valence-corrected chi connectivity index (χ3v) is 4.12. The first kappa shape index (κ1) is 16.8. The molecule has 0 aliphatic heterocycles. The summed E-state index contributed by atoms with van der Waals surface area (Å²) < 4.78 is 2.03. The van der Waals surface area contributed by atoms with E-state index in [-0.39, 0.29) is 5.56 Å². The molecule has 0 atom stereocenters. The van der Waals surface area contributed by atoms with Gasteiger partial charge in [-0.05, 0) is 6.92 Å². The molecule has 8 heteroatoms. The first-order valence-electron chi connectivity index (χ1n) is 8.63. The van der Waals surface area contributed by atoms with Crippen LogP contribution in [-0.2, 0) is 6.54 Å². The summed E-state index contributed by atoms with van der Waals surface area (Å²) in [5, 5.41) is 3.15. The lowest BCUT2D eigenvalue weighted by molar-refractivity contribution is 0.726. The predicted octanol–water partition coefficient (Wildman–Crippen LogP) is 2.44. The Hall–Kier alpha value is -3.68. The monoisotopic (exact) mass is 361 g/mol. The maximum absolute atomic E-state index is 11.6. The number of H-pyrrole nitrogens is 2. The molecule has 0 bridgehead atoms. The Morgan fingerprint density at radius 3 is 2.78 bits per heavy atom. The van der Waals surface area contributed by atoms with Crippen molar-refractivity contribution in [2.75, 3.05) is 11.9 Å². The van der Waals surface area contributed by atoms with Crippen molar-refractivity contribution in [2.24, 2.45) is 0 Å². The molecule has 0 unspecified atom stereocenters. The molecule has 3 N–H and O–H groups in total. The molecular formula is C19H19N7O. The molecule has 0 saturated carbocycles. The fraction of sp³-hybridized carbons (Fsp3) is 0.158. The second-order valence-electron chi connectivity index (χ2n) is 6.10. The van der Waals surface area contributed by atoms with Crippen molar-refractivity contribution in [3.8, 4) is 22.8 Å². The third-order valence-electron chi connectivity index (χ3n) is 4.12. The average molecular weight is 361 g/mol. The van der Waals surface area contributed by atoms with Crippen molar-refractivity contribution in [3.63, 3.8) is 0 Å². The molecule has 0 amide bonds. The maximum atomic E-state index is 11.6. The second-order valence-corrected chi connectivity index (χ2v) is 6.10. The standard InChI is InChI=1S/C19H19N7O/c1-13-11-15(27)25-19(24-13)22-9-10-26-12-23-16(14-5-3-2-4-6-14)17(26)18-20-7-8-21-18/h2-8,11-12H,9-10H2,1H3,(H,20,21)(H2,22,24,25,27). The van der Waals surface area contributed by atoms with E-state index in [1.54, 1.807) is 25.6 Å². The van der Waals surface area contributed by atoms with E-state index in [1.165, 1.54) is 6.07 Å². The lowest BCUT2D eigenvalue weighted by Gasteiger charge is -2.10. The topological polar surface area (TPSA) is 104 Å². The largest absolute Gasteiger partial charge is 0.354 e. The van der Waals surface area contributed by atoms with Crippen LogP contribution in [0.25, 0.3) is 22.8 Å². The Bertz CT molecular complexity index is 1080. The highest BCUT2D eigenvalue weighted by atomic mass is 16.1. The summed E-state index contributed by atoms with van der Waals surface area (Å²) in [6.45, 7) is 3.00. The van der Waals surface area contributed by atoms with Gasteiger partial charge in [0.05, 0.1) is 12.0 Å². The van der Waals surface area contributed by atoms with Crippen LogP contribution >= 0.6 is 0 Å². The zero-order valence-electron chi connectivity index (χ0n) is 14.8. The van der Waals surface area contributed by atoms with Gasteiger partial charge in [-0.25, -0.2) is 15.0 Å². The number of imidazole rings is 2. The molecule has 3 aromatic heterocycles. The number of hydrogen-bond donors (Lipinski definition) is 3. The molecule has 3 heterocycles. The first-order valence-corrected chi connectivity index (χ1v) is 8.63. The zero-order valence-corrected chi connectivity index (χ0v) is 14.8. The van der Waals surface area contributed by atoms with Crippen LogP contribution in [-0.4, -0.2) is 36.0 Å². The van der Waals surface area contributed by atoms with Gasteiger partial charge in [0, 0.05) is 42.8 Å². The molecule has 0 radical (unpaired) electrons. The molecule has 1 aromatic carbocycles. The van der Waals surface area contributed by atoms with E-state index >= 15 is 0 Å². The van der Waals surface area contributed by atoms with Gasteiger partial charge in [0.15, 0.2) is 5.82 Å². The molecular weight excluding hydrogens is 342 g/mol. The van der Waals surface area contributed by atoms with Crippen LogP contribution in [0.5, 0.6) is 0 Å². The first-order chi connectivity index (χ1) is 13.2. The highest BCUT2D eigenvalue weighted by molar-refractivity contribution is 5.75. The molecule has 0 spiro atoms. The van der Waals surface area contributed by atoms with E-state index in [0.29, 0.717) is 24.7 Å². The van der Waals surface area contributed by atoms with Crippen molar-refractivity contribution >= 4 is 5.95 Å². The Labute approximate surface area is 155 Å². The van der Waals surface area contributed by atoms with Gasteiger partial charge >= 0.3 is 0 Å². The van der Waals surface area contributed by atoms with E-state index in [9.17, 15) is 4.79 Å². The second kappa shape index (κ2) is 7.28. The highest BCUT2D eigenvalue weighted by Crippen LogP contribution is 2.28. The van der Waals surface area contributed by atoms with Crippen LogP contribution in [0.3, 0.4) is 0 Å². The lowest BCUT2D eigenvalue weighted by atomic mass is 10.1. The van der Waals surface area contributed by atoms with Crippen LogP contribution in [0.4, 0.5) is 5.95 Å². The van der Waals surface area contributed by atoms with Crippen molar-refractivity contribution < 1.29 is 0 Å². The Balaban J connectivity index is 1.59. The number of aromatic amines is 2. The molecule has 27 heavy (non-hydrogen) atoms. The van der Waals surface area contributed by atoms with Gasteiger partial charge < -0.3 is 14.9 Å². The number of hydrogen-bond acceptors (Lipinski definition) is 5. The zero-order chi connectivity index (χ0) is 18.6. The van der Waals surface area contributed by atoms with E-state index in [1.807, 2.05) is 34.9 Å². The van der Waals surface area contributed by atoms with Crippen LogP contribution in [0, 0.1) is 6.92 Å². The van der Waals surface area contributed by atoms with E-state index in [4.69, 9.17) is 0 Å². The van der Waals surface area contributed by atoms with E-state index in [0.717, 1.165) is 22.8 Å². The molecule has 0 fully saturated rings. The Morgan fingerprint density at radius 2 is 2.04 bits per heavy atom. The van der Waals surface area contributed by atoms with Crippen LogP contribution in [0.2, 0.25) is 0 Å². The summed E-state index contributed by atoms with van der Waals surface area (Å²) in [5.74, 6) is 1.22. The van der Waals surface area contributed by atoms with Crippen LogP contribution < -0.4 is 10.9 Å². The van der Waals surface area contributed by atoms with E-state index < -0.39 is 0 Å². The van der Waals surface area contributed by atoms with Gasteiger partial charge in [-0.2, -0.15) is 0 Å². The van der Waals surface area contributed by atoms with Crippen LogP contribution in [0.15, 0.2) is 59.9 Å². The SMILES string of the molecule is Cc1cc(=O)[nH]c(NCCn2cnc(-c3ccccc3)c2-c2ncc[nH]2)n1. The number of benzene rings is 1. The van der Waals surface area contributed by atoms with Crippen molar-refractivity contribution in [3.05, 3.63) is 71.2 Å². The minimum absolute atomic E-state index is 0.171. The minimum Gasteiger partial charge on any atom is -0.354 e. The van der Waals surface area contributed by atoms with Gasteiger partial charge in [-0.1, -0.05) is 30.3 Å². The van der Waals surface area contributed by atoms with Gasteiger partial charge in [-0.3, -0.25) is 9.78 Å². The van der Waals surface area contributed by atoms with Gasteiger partial charge in [0.2, 0.25) is 5.95 Å². The summed E-state index contributed by atoms with van der Waals surface area (Å²) in [5.41, 5.74) is 3.31. The number of nitrogens with one attached hydrogen (secondary N) is 3. The van der Waals surface area contributed by atoms with Crippen molar-refractivity contribution in [1.29, 1.82) is 0 Å². The molecule has 0 aliphatic rings. The minimum atomic E-state index is -0.171. The number of anilines is 1. The van der Waals surface area contributed by atoms with E-state index in [2.05, 4.69) is 30.2 Å². The van der Waals surface area contributed by atoms with Crippen molar-refractivity contribution in [2.45, 2.75) is 13.5 Å². The quantitative estimate of drug-likeness (QED) is 0.489. The number of nitrogens with zero attached hydrogens (tertiary/aromatic N) is 4.